The van der Waals surface area contributed by atoms with Gasteiger partial charge < -0.3 is 30.2 Å². The van der Waals surface area contributed by atoms with Crippen LogP contribution >= 0.6 is 0 Å². The third kappa shape index (κ3) is 12.8. The van der Waals surface area contributed by atoms with Crippen molar-refractivity contribution < 1.29 is 29.0 Å². The lowest BCUT2D eigenvalue weighted by Gasteiger charge is -2.24. The molecule has 56 heavy (non-hydrogen) atoms. The van der Waals surface area contributed by atoms with Gasteiger partial charge in [0.1, 0.15) is 19.0 Å². The Morgan fingerprint density at radius 1 is 0.732 bits per heavy atom. The van der Waals surface area contributed by atoms with Crippen molar-refractivity contribution in [2.45, 2.75) is 63.6 Å². The number of aromatic amines is 1. The van der Waals surface area contributed by atoms with Crippen LogP contribution in [-0.2, 0) is 45.0 Å². The zero-order valence-electron chi connectivity index (χ0n) is 31.9. The maximum Gasteiger partial charge on any atom is 0.309 e. The summed E-state index contributed by atoms with van der Waals surface area (Å²) in [5, 5.41) is 17.2. The maximum atomic E-state index is 13.9. The highest BCUT2D eigenvalue weighted by molar-refractivity contribution is 5.87. The van der Waals surface area contributed by atoms with E-state index in [1.165, 1.54) is 0 Å². The van der Waals surface area contributed by atoms with E-state index in [-0.39, 0.29) is 49.8 Å². The van der Waals surface area contributed by atoms with Crippen molar-refractivity contribution in [1.82, 2.24) is 15.6 Å². The Bertz CT molecular complexity index is 1990. The largest absolute Gasteiger partial charge is 0.489 e. The third-order valence-electron chi connectivity index (χ3n) is 9.78. The number of nitrogens with one attached hydrogen (secondary N) is 3. The molecule has 4 aromatic carbocycles. The fourth-order valence-electron chi connectivity index (χ4n) is 6.76. The van der Waals surface area contributed by atoms with Crippen LogP contribution in [0.25, 0.3) is 10.9 Å². The number of rotatable bonds is 23. The second-order valence-corrected chi connectivity index (χ2v) is 14.1. The van der Waals surface area contributed by atoms with E-state index in [4.69, 9.17) is 9.47 Å². The summed E-state index contributed by atoms with van der Waals surface area (Å²) < 4.78 is 11.8. The number of esters is 1. The molecule has 4 unspecified atom stereocenters. The Morgan fingerprint density at radius 3 is 2.11 bits per heavy atom. The fraction of sp³-hybridized carbons (Fsp3) is 0.298. The highest BCUT2D eigenvalue weighted by atomic mass is 16.5. The Hall–Kier alpha value is -5.93. The van der Waals surface area contributed by atoms with Crippen LogP contribution in [0.4, 0.5) is 0 Å². The van der Waals surface area contributed by atoms with E-state index in [9.17, 15) is 19.5 Å². The Labute approximate surface area is 329 Å². The van der Waals surface area contributed by atoms with Crippen LogP contribution in [0.3, 0.4) is 0 Å². The van der Waals surface area contributed by atoms with Gasteiger partial charge in [-0.3, -0.25) is 14.4 Å². The zero-order valence-corrected chi connectivity index (χ0v) is 31.9. The Balaban J connectivity index is 1.21. The summed E-state index contributed by atoms with van der Waals surface area (Å²) in [7, 11) is 0. The number of amides is 2. The predicted octanol–water partition coefficient (Wildman–Crippen LogP) is 7.44. The lowest BCUT2D eigenvalue weighted by atomic mass is 9.94. The number of aromatic nitrogens is 1. The van der Waals surface area contributed by atoms with E-state index >= 15 is 0 Å². The number of fused-ring (bicyclic) bond motifs is 1. The molecule has 9 heteroatoms. The number of hydrogen-bond acceptors (Lipinski definition) is 6. The normalized spacial score (nSPS) is 13.2. The van der Waals surface area contributed by atoms with Crippen molar-refractivity contribution in [2.75, 3.05) is 13.2 Å². The minimum atomic E-state index is -0.729. The van der Waals surface area contributed by atoms with Gasteiger partial charge in [0.05, 0.1) is 30.5 Å². The first kappa shape index (κ1) is 41.2. The molecule has 0 saturated heterocycles. The second kappa shape index (κ2) is 21.8. The van der Waals surface area contributed by atoms with E-state index in [1.54, 1.807) is 12.2 Å². The quantitative estimate of drug-likeness (QED) is 0.0405. The molecule has 0 saturated carbocycles. The number of ether oxygens (including phenoxy) is 2. The summed E-state index contributed by atoms with van der Waals surface area (Å²) in [5.74, 6) is -1.42. The molecule has 0 aliphatic heterocycles. The molecule has 0 spiro atoms. The van der Waals surface area contributed by atoms with Crippen molar-refractivity contribution in [3.8, 4) is 5.75 Å². The minimum absolute atomic E-state index is 0.0425. The van der Waals surface area contributed by atoms with Gasteiger partial charge in [0.2, 0.25) is 11.8 Å². The molecule has 5 rings (SSSR count). The van der Waals surface area contributed by atoms with E-state index < -0.39 is 18.0 Å². The first-order valence-corrected chi connectivity index (χ1v) is 19.3. The number of carbonyl (C=O) groups is 3. The molecule has 4 N–H and O–H groups in total. The number of H-pyrrole nitrogens is 1. The van der Waals surface area contributed by atoms with Crippen LogP contribution in [0.15, 0.2) is 141 Å². The highest BCUT2D eigenvalue weighted by Gasteiger charge is 2.27. The van der Waals surface area contributed by atoms with Gasteiger partial charge in [-0.1, -0.05) is 103 Å². The van der Waals surface area contributed by atoms with E-state index in [0.29, 0.717) is 38.7 Å². The molecule has 0 aliphatic carbocycles. The molecule has 1 aromatic heterocycles. The van der Waals surface area contributed by atoms with Crippen LogP contribution < -0.4 is 15.4 Å². The van der Waals surface area contributed by atoms with Crippen molar-refractivity contribution in [2.24, 2.45) is 11.8 Å². The Morgan fingerprint density at radius 2 is 1.41 bits per heavy atom. The number of aliphatic hydroxyl groups is 1. The van der Waals surface area contributed by atoms with Gasteiger partial charge in [-0.2, -0.15) is 0 Å². The van der Waals surface area contributed by atoms with Gasteiger partial charge in [0.25, 0.3) is 0 Å². The molecule has 0 aliphatic rings. The standard InChI is InChI=1S/C47H53N3O6/c1-3-5-19-38(26-34-15-8-6-9-16-34)47(54)56-33-41(28-39-30-48-44-21-13-12-20-43(39)44)50-46(53)37(14-4-2)29-45(52)49-40(31-51)27-35-22-24-42(25-23-35)55-32-36-17-10-7-11-18-36/h3-4,6-13,15-18,20-25,30,37-38,40-41,48,51H,1-2,5,14,19,26-29,31-33H2,(H,49,52)(H,50,53). The molecular weight excluding hydrogens is 703 g/mol. The lowest BCUT2D eigenvalue weighted by molar-refractivity contribution is -0.150. The fourth-order valence-corrected chi connectivity index (χ4v) is 6.76. The molecule has 5 aromatic rings. The van der Waals surface area contributed by atoms with Gasteiger partial charge in [-0.15, -0.1) is 13.2 Å². The van der Waals surface area contributed by atoms with E-state index in [2.05, 4.69) is 28.8 Å². The van der Waals surface area contributed by atoms with Gasteiger partial charge in [-0.05, 0) is 79.0 Å². The predicted molar refractivity (Wildman–Crippen MR) is 221 cm³/mol. The van der Waals surface area contributed by atoms with E-state index in [0.717, 1.165) is 38.9 Å². The number of benzene rings is 4. The molecule has 9 nitrogen and oxygen atoms in total. The molecule has 0 radical (unpaired) electrons. The number of carbonyl (C=O) groups excluding carboxylic acids is 3. The summed E-state index contributed by atoms with van der Waals surface area (Å²) in [6.45, 7) is 7.80. The van der Waals surface area contributed by atoms with Crippen molar-refractivity contribution in [1.29, 1.82) is 0 Å². The van der Waals surface area contributed by atoms with Crippen molar-refractivity contribution in [3.05, 3.63) is 163 Å². The average molecular weight is 756 g/mol. The molecule has 4 atom stereocenters. The topological polar surface area (TPSA) is 130 Å². The van der Waals surface area contributed by atoms with Crippen molar-refractivity contribution >= 4 is 28.7 Å². The smallest absolute Gasteiger partial charge is 0.309 e. The first-order chi connectivity index (χ1) is 27.3. The van der Waals surface area contributed by atoms with Gasteiger partial charge in [0.15, 0.2) is 0 Å². The van der Waals surface area contributed by atoms with Crippen LogP contribution in [0.2, 0.25) is 0 Å². The highest BCUT2D eigenvalue weighted by Crippen LogP contribution is 2.22. The Kier molecular flexibility index (Phi) is 16.1. The SMILES string of the molecule is C=CCCC(Cc1ccccc1)C(=O)OCC(Cc1c[nH]c2ccccc12)NC(=O)C(CC=C)CC(=O)NC(CO)Cc1ccc(OCc2ccccc2)cc1. The number of aliphatic hydroxyl groups excluding tert-OH is 1. The molecule has 0 bridgehead atoms. The maximum absolute atomic E-state index is 13.9. The summed E-state index contributed by atoms with van der Waals surface area (Å²) in [6, 6.07) is 34.1. The summed E-state index contributed by atoms with van der Waals surface area (Å²) in [6.07, 6.45) is 8.06. The number of para-hydroxylation sites is 1. The minimum Gasteiger partial charge on any atom is -0.489 e. The second-order valence-electron chi connectivity index (χ2n) is 14.1. The summed E-state index contributed by atoms with van der Waals surface area (Å²) in [5.41, 5.74) is 4.96. The first-order valence-electron chi connectivity index (χ1n) is 19.3. The van der Waals surface area contributed by atoms with Crippen molar-refractivity contribution in [3.63, 3.8) is 0 Å². The van der Waals surface area contributed by atoms with Gasteiger partial charge in [-0.25, -0.2) is 0 Å². The average Bonchev–Trinajstić information content (AvgIpc) is 3.63. The molecular formula is C47H53N3O6. The number of allylic oxidation sites excluding steroid dienone is 2. The van der Waals surface area contributed by atoms with E-state index in [1.807, 2.05) is 115 Å². The third-order valence-corrected chi connectivity index (χ3v) is 9.78. The lowest BCUT2D eigenvalue weighted by Crippen LogP contribution is -2.45. The summed E-state index contributed by atoms with van der Waals surface area (Å²) in [4.78, 5) is 44.1. The van der Waals surface area contributed by atoms with Crippen LogP contribution in [-0.4, -0.2) is 53.2 Å². The molecule has 0 fully saturated rings. The molecule has 292 valence electrons. The monoisotopic (exact) mass is 755 g/mol. The van der Waals surface area contributed by atoms with Gasteiger partial charge >= 0.3 is 5.97 Å². The van der Waals surface area contributed by atoms with Crippen LogP contribution in [0.1, 0.15) is 47.9 Å². The molecule has 2 amide bonds. The number of hydrogen-bond donors (Lipinski definition) is 4. The van der Waals surface area contributed by atoms with Crippen LogP contribution in [0.5, 0.6) is 5.75 Å². The van der Waals surface area contributed by atoms with Crippen LogP contribution in [0, 0.1) is 11.8 Å². The zero-order chi connectivity index (χ0) is 39.5. The molecule has 1 heterocycles. The summed E-state index contributed by atoms with van der Waals surface area (Å²) >= 11 is 0. The van der Waals surface area contributed by atoms with Gasteiger partial charge in [0, 0.05) is 23.5 Å².